The van der Waals surface area contributed by atoms with Crippen LogP contribution in [0, 0.1) is 0 Å². The Morgan fingerprint density at radius 2 is 0.773 bits per heavy atom. The number of hydrogen-bond acceptors (Lipinski definition) is 10. The molecule has 0 radical (unpaired) electrons. The van der Waals surface area contributed by atoms with Gasteiger partial charge >= 0.3 is 46.6 Å². The molecule has 0 atom stereocenters. The van der Waals surface area contributed by atoms with Gasteiger partial charge in [-0.25, -0.2) is 0 Å². The van der Waals surface area contributed by atoms with Crippen LogP contribution in [0.3, 0.4) is 0 Å². The van der Waals surface area contributed by atoms with Gasteiger partial charge in [-0.3, -0.25) is 0 Å². The molecule has 120 valence electrons. The van der Waals surface area contributed by atoms with E-state index in [0.29, 0.717) is 0 Å². The van der Waals surface area contributed by atoms with Gasteiger partial charge in [0.25, 0.3) is 0 Å². The molecule has 0 heterocycles. The van der Waals surface area contributed by atoms with Gasteiger partial charge in [0.15, 0.2) is 0 Å². The van der Waals surface area contributed by atoms with Crippen LogP contribution < -0.4 is 61.5 Å². The van der Waals surface area contributed by atoms with Crippen LogP contribution in [0.5, 0.6) is 0 Å². The van der Waals surface area contributed by atoms with Gasteiger partial charge in [-0.1, -0.05) is 0 Å². The summed E-state index contributed by atoms with van der Waals surface area (Å²) < 4.78 is 0. The van der Waals surface area contributed by atoms with Crippen molar-refractivity contribution >= 4 is 23.9 Å². The minimum absolute atomic E-state index is 0. The molecule has 0 aliphatic heterocycles. The average Bonchev–Trinajstić information content (AvgIpc) is 2.10. The number of carbonyl (C=O) groups is 4. The quantitative estimate of drug-likeness (QED) is 0.367. The van der Waals surface area contributed by atoms with Crippen LogP contribution in [-0.2, 0) is 36.2 Å². The largest absolute Gasteiger partial charge is 2.00 e. The van der Waals surface area contributed by atoms with Gasteiger partial charge in [0.2, 0.25) is 0 Å². The summed E-state index contributed by atoms with van der Waals surface area (Å²) in [4.78, 5) is 42.5. The van der Waals surface area contributed by atoms with Crippen molar-refractivity contribution in [2.24, 2.45) is 11.5 Å². The van der Waals surface area contributed by atoms with E-state index in [-0.39, 0.29) is 46.6 Å². The number of aliphatic carboxylic acids is 4. The van der Waals surface area contributed by atoms with E-state index < -0.39 is 60.6 Å². The second kappa shape index (κ2) is 10.2. The summed E-state index contributed by atoms with van der Waals surface area (Å²) in [5.74, 6) is -7.33. The standard InChI is InChI=1S/C10H16N2O8.Fe.Na/c11-9(1-5(13)14,2-6(15)16)10(12,3-7(17)18)4-8(19)20;;/h1-4,11-12H2,(H,13,14)(H,15,16)(H,17,18)(H,19,20);;/q;+2;+1/p-4. The third-order valence-electron chi connectivity index (χ3n) is 2.83. The molecule has 0 aromatic heterocycles. The van der Waals surface area contributed by atoms with E-state index >= 15 is 0 Å². The molecule has 0 fully saturated rings. The minimum atomic E-state index is -2.43. The summed E-state index contributed by atoms with van der Waals surface area (Å²) in [5, 5.41) is 42.5. The predicted octanol–water partition coefficient (Wildman–Crippen LogP) is -10.1. The van der Waals surface area contributed by atoms with Crippen molar-refractivity contribution in [2.75, 3.05) is 0 Å². The summed E-state index contributed by atoms with van der Waals surface area (Å²) in [7, 11) is 0. The molecule has 0 aliphatic carbocycles. The number of hydrogen-bond donors (Lipinski definition) is 2. The first-order valence-corrected chi connectivity index (χ1v) is 5.29. The van der Waals surface area contributed by atoms with Crippen LogP contribution in [0.1, 0.15) is 25.7 Å². The van der Waals surface area contributed by atoms with Crippen molar-refractivity contribution in [3.05, 3.63) is 0 Å². The van der Waals surface area contributed by atoms with Gasteiger partial charge in [-0.15, -0.1) is 0 Å². The van der Waals surface area contributed by atoms with E-state index in [0.717, 1.165) is 0 Å². The van der Waals surface area contributed by atoms with Crippen LogP contribution in [0.4, 0.5) is 0 Å². The summed E-state index contributed by atoms with van der Waals surface area (Å²) in [6.45, 7) is 0. The Bertz CT molecular complexity index is 373. The normalized spacial score (nSPS) is 10.8. The molecule has 22 heavy (non-hydrogen) atoms. The molecular formula is C10H12FeN2NaO8-. The van der Waals surface area contributed by atoms with Crippen molar-refractivity contribution in [3.63, 3.8) is 0 Å². The maximum absolute atomic E-state index is 10.6. The van der Waals surface area contributed by atoms with E-state index in [4.69, 9.17) is 11.5 Å². The van der Waals surface area contributed by atoms with E-state index in [9.17, 15) is 39.6 Å². The Kier molecular flexibility index (Phi) is 12.1. The molecule has 0 saturated carbocycles. The van der Waals surface area contributed by atoms with Crippen LogP contribution >= 0.6 is 0 Å². The third kappa shape index (κ3) is 8.08. The molecule has 0 rings (SSSR count). The molecule has 12 heteroatoms. The molecule has 0 aromatic carbocycles. The molecule has 0 bridgehead atoms. The first kappa shape index (κ1) is 26.2. The molecule has 0 saturated heterocycles. The predicted molar refractivity (Wildman–Crippen MR) is 52.3 cm³/mol. The van der Waals surface area contributed by atoms with Crippen molar-refractivity contribution < 1.29 is 86.2 Å². The van der Waals surface area contributed by atoms with E-state index in [1.54, 1.807) is 0 Å². The van der Waals surface area contributed by atoms with Gasteiger partial charge < -0.3 is 51.1 Å². The van der Waals surface area contributed by atoms with Crippen LogP contribution in [0.15, 0.2) is 0 Å². The van der Waals surface area contributed by atoms with Crippen LogP contribution in [0.2, 0.25) is 0 Å². The number of carboxylic acids is 4. The molecule has 0 amide bonds. The van der Waals surface area contributed by atoms with Crippen molar-refractivity contribution in [2.45, 2.75) is 36.8 Å². The van der Waals surface area contributed by atoms with Crippen molar-refractivity contribution in [3.8, 4) is 0 Å². The molecule has 10 nitrogen and oxygen atoms in total. The van der Waals surface area contributed by atoms with Gasteiger partial charge in [0, 0.05) is 60.6 Å². The summed E-state index contributed by atoms with van der Waals surface area (Å²) in [6, 6.07) is 0. The van der Waals surface area contributed by atoms with Crippen LogP contribution in [-0.4, -0.2) is 35.0 Å². The Labute approximate surface area is 158 Å². The summed E-state index contributed by atoms with van der Waals surface area (Å²) in [5.41, 5.74) is 6.20. The van der Waals surface area contributed by atoms with Crippen molar-refractivity contribution in [1.29, 1.82) is 0 Å². The topological polar surface area (TPSA) is 213 Å². The maximum atomic E-state index is 10.6. The summed E-state index contributed by atoms with van der Waals surface area (Å²) >= 11 is 0. The van der Waals surface area contributed by atoms with Crippen molar-refractivity contribution in [1.82, 2.24) is 0 Å². The van der Waals surface area contributed by atoms with Gasteiger partial charge in [0.05, 0.1) is 0 Å². The Morgan fingerprint density at radius 1 is 0.636 bits per heavy atom. The second-order valence-electron chi connectivity index (χ2n) is 4.51. The number of rotatable bonds is 9. The van der Waals surface area contributed by atoms with Gasteiger partial charge in [0.1, 0.15) is 0 Å². The molecule has 0 aromatic rings. The smallest absolute Gasteiger partial charge is 0.550 e. The van der Waals surface area contributed by atoms with Gasteiger partial charge in [-0.2, -0.15) is 0 Å². The Hall–Kier alpha value is -0.681. The molecule has 4 N–H and O–H groups in total. The molecular weight excluding hydrogens is 355 g/mol. The van der Waals surface area contributed by atoms with Crippen LogP contribution in [0.25, 0.3) is 0 Å². The number of carbonyl (C=O) groups excluding carboxylic acids is 4. The first-order valence-electron chi connectivity index (χ1n) is 5.29. The zero-order valence-electron chi connectivity index (χ0n) is 11.6. The van der Waals surface area contributed by atoms with Gasteiger partial charge in [-0.05, 0) is 0 Å². The third-order valence-corrected chi connectivity index (χ3v) is 2.83. The number of nitrogens with two attached hydrogens (primary N) is 2. The monoisotopic (exact) mass is 367 g/mol. The zero-order valence-corrected chi connectivity index (χ0v) is 14.7. The average molecular weight is 367 g/mol. The Morgan fingerprint density at radius 3 is 0.864 bits per heavy atom. The SMILES string of the molecule is NC(CC(=O)[O-])(CC(=O)[O-])C(N)(CC(=O)[O-])CC(=O)[O-].[Fe+2].[Na+]. The zero-order chi connectivity index (χ0) is 16.1. The second-order valence-corrected chi connectivity index (χ2v) is 4.51. The minimum Gasteiger partial charge on any atom is -0.550 e. The van der Waals surface area contributed by atoms with E-state index in [2.05, 4.69) is 0 Å². The fraction of sp³-hybridized carbons (Fsp3) is 0.600. The summed E-state index contributed by atoms with van der Waals surface area (Å²) in [6.07, 6.45) is -4.73. The molecule has 0 aliphatic rings. The maximum Gasteiger partial charge on any atom is 2.00 e. The Balaban J connectivity index is -0.00000180. The molecule has 0 unspecified atom stereocenters. The first-order chi connectivity index (χ1) is 8.92. The number of carboxylic acid groups (broad SMARTS) is 4. The molecule has 0 spiro atoms. The van der Waals surface area contributed by atoms with E-state index in [1.165, 1.54) is 0 Å². The van der Waals surface area contributed by atoms with E-state index in [1.807, 2.05) is 0 Å². The fourth-order valence-corrected chi connectivity index (χ4v) is 1.86. The fourth-order valence-electron chi connectivity index (χ4n) is 1.86.